The van der Waals surface area contributed by atoms with Gasteiger partial charge in [0.05, 0.1) is 6.10 Å². The van der Waals surface area contributed by atoms with Crippen LogP contribution in [0.25, 0.3) is 10.8 Å². The highest BCUT2D eigenvalue weighted by molar-refractivity contribution is 5.91. The summed E-state index contributed by atoms with van der Waals surface area (Å²) in [7, 11) is 0. The number of unbranched alkanes of at least 4 members (excludes halogenated alkanes) is 2. The van der Waals surface area contributed by atoms with Gasteiger partial charge >= 0.3 is 12.1 Å². The molecule has 176 valence electrons. The normalized spacial score (nSPS) is 19.2. The van der Waals surface area contributed by atoms with Gasteiger partial charge in [-0.1, -0.05) is 37.6 Å². The van der Waals surface area contributed by atoms with Gasteiger partial charge in [0.1, 0.15) is 11.3 Å². The average molecular weight is 452 g/mol. The fourth-order valence-electron chi connectivity index (χ4n) is 4.40. The Kier molecular flexibility index (Phi) is 8.40. The van der Waals surface area contributed by atoms with Gasteiger partial charge in [-0.25, -0.2) is 0 Å². The Morgan fingerprint density at radius 1 is 1.06 bits per heavy atom. The van der Waals surface area contributed by atoms with Crippen molar-refractivity contribution in [1.29, 1.82) is 0 Å². The quantitative estimate of drug-likeness (QED) is 0.402. The lowest BCUT2D eigenvalue weighted by atomic mass is 9.89. The van der Waals surface area contributed by atoms with Crippen LogP contribution in [0.3, 0.4) is 0 Å². The molecule has 0 amide bonds. The smallest absolute Gasteiger partial charge is 0.420 e. The summed E-state index contributed by atoms with van der Waals surface area (Å²) in [6, 6.07) is 8.22. The van der Waals surface area contributed by atoms with E-state index in [-0.39, 0.29) is 23.7 Å². The third kappa shape index (κ3) is 6.61. The zero-order valence-electron chi connectivity index (χ0n) is 18.5. The lowest BCUT2D eigenvalue weighted by molar-refractivity contribution is -0.138. The van der Waals surface area contributed by atoms with Crippen molar-refractivity contribution in [1.82, 2.24) is 5.32 Å². The number of alkyl halides is 3. The van der Waals surface area contributed by atoms with Crippen molar-refractivity contribution in [3.05, 3.63) is 41.5 Å². The van der Waals surface area contributed by atoms with Crippen LogP contribution in [0.2, 0.25) is 0 Å². The van der Waals surface area contributed by atoms with E-state index in [0.29, 0.717) is 30.8 Å². The molecule has 0 atom stereocenters. The third-order valence-corrected chi connectivity index (χ3v) is 6.21. The maximum absolute atomic E-state index is 14.1. The van der Waals surface area contributed by atoms with Crippen LogP contribution in [-0.4, -0.2) is 23.7 Å². The number of benzene rings is 2. The number of carboxylic acids is 1. The Labute approximate surface area is 187 Å². The SMILES string of the molecule is C[C@H]1CC[C@@H](Oc2ccc3c(CNCCCCCC(=O)O)cccc3c2C(F)(F)F)CC1. The van der Waals surface area contributed by atoms with E-state index in [1.807, 2.05) is 6.07 Å². The highest BCUT2D eigenvalue weighted by Crippen LogP contribution is 2.43. The van der Waals surface area contributed by atoms with Gasteiger partial charge in [-0.2, -0.15) is 13.2 Å². The number of hydrogen-bond donors (Lipinski definition) is 2. The minimum absolute atomic E-state index is 0.0758. The van der Waals surface area contributed by atoms with Crippen molar-refractivity contribution in [3.8, 4) is 5.75 Å². The molecule has 0 aliphatic heterocycles. The first-order valence-electron chi connectivity index (χ1n) is 11.5. The number of nitrogens with one attached hydrogen (secondary N) is 1. The molecule has 1 fully saturated rings. The minimum Gasteiger partial charge on any atom is -0.490 e. The Balaban J connectivity index is 1.73. The largest absolute Gasteiger partial charge is 0.490 e. The molecule has 3 rings (SSSR count). The van der Waals surface area contributed by atoms with Crippen molar-refractivity contribution in [2.45, 2.75) is 77.1 Å². The molecule has 1 saturated carbocycles. The first-order valence-corrected chi connectivity index (χ1v) is 11.5. The molecule has 0 spiro atoms. The van der Waals surface area contributed by atoms with Gasteiger partial charge in [0, 0.05) is 13.0 Å². The van der Waals surface area contributed by atoms with Gasteiger partial charge in [-0.15, -0.1) is 0 Å². The van der Waals surface area contributed by atoms with E-state index >= 15 is 0 Å². The molecular weight excluding hydrogens is 419 g/mol. The first kappa shape index (κ1) is 24.4. The molecule has 32 heavy (non-hydrogen) atoms. The van der Waals surface area contributed by atoms with Gasteiger partial charge in [-0.05, 0) is 73.4 Å². The highest BCUT2D eigenvalue weighted by Gasteiger charge is 2.37. The second-order valence-corrected chi connectivity index (χ2v) is 8.83. The maximum Gasteiger partial charge on any atom is 0.420 e. The topological polar surface area (TPSA) is 58.6 Å². The minimum atomic E-state index is -4.51. The highest BCUT2D eigenvalue weighted by atomic mass is 19.4. The van der Waals surface area contributed by atoms with Gasteiger partial charge < -0.3 is 15.2 Å². The molecule has 2 aromatic carbocycles. The number of ether oxygens (including phenoxy) is 1. The number of hydrogen-bond acceptors (Lipinski definition) is 3. The van der Waals surface area contributed by atoms with E-state index in [9.17, 15) is 18.0 Å². The van der Waals surface area contributed by atoms with Gasteiger partial charge in [0.2, 0.25) is 0 Å². The molecule has 0 aromatic heterocycles. The molecule has 2 N–H and O–H groups in total. The molecule has 4 nitrogen and oxygen atoms in total. The second-order valence-electron chi connectivity index (χ2n) is 8.83. The summed E-state index contributed by atoms with van der Waals surface area (Å²) in [6.45, 7) is 3.30. The van der Waals surface area contributed by atoms with Crippen LogP contribution in [0.15, 0.2) is 30.3 Å². The molecule has 0 saturated heterocycles. The molecule has 0 radical (unpaired) electrons. The predicted molar refractivity (Wildman–Crippen MR) is 119 cm³/mol. The molecule has 0 bridgehead atoms. The number of fused-ring (bicyclic) bond motifs is 1. The summed E-state index contributed by atoms with van der Waals surface area (Å²) in [5.74, 6) is -0.274. The Hall–Kier alpha value is -2.28. The van der Waals surface area contributed by atoms with Gasteiger partial charge in [-0.3, -0.25) is 4.79 Å². The number of rotatable bonds is 10. The molecule has 0 unspecified atom stereocenters. The van der Waals surface area contributed by atoms with Crippen LogP contribution in [0.1, 0.15) is 69.4 Å². The number of halogens is 3. The van der Waals surface area contributed by atoms with Crippen LogP contribution in [0, 0.1) is 5.92 Å². The standard InChI is InChI=1S/C25H32F3NO3/c1-17-9-11-19(12-10-17)32-22-14-13-20-18(16-29-15-4-2-3-8-23(30)31)6-5-7-21(20)24(22)25(26,27)28/h5-7,13-14,17,19,29H,2-4,8-12,15-16H2,1H3,(H,30,31)/t17-,19+. The fraction of sp³-hybridized carbons (Fsp3) is 0.560. The van der Waals surface area contributed by atoms with Crippen LogP contribution in [0.4, 0.5) is 13.2 Å². The van der Waals surface area contributed by atoms with Crippen molar-refractivity contribution >= 4 is 16.7 Å². The summed E-state index contributed by atoms with van der Waals surface area (Å²) in [5.41, 5.74) is 0.112. The van der Waals surface area contributed by atoms with Crippen LogP contribution in [0.5, 0.6) is 5.75 Å². The number of carbonyl (C=O) groups is 1. The van der Waals surface area contributed by atoms with Crippen LogP contribution >= 0.6 is 0 Å². The van der Waals surface area contributed by atoms with Crippen LogP contribution in [-0.2, 0) is 17.5 Å². The zero-order chi connectivity index (χ0) is 23.1. The summed E-state index contributed by atoms with van der Waals surface area (Å²) < 4.78 is 48.1. The lowest BCUT2D eigenvalue weighted by Gasteiger charge is -2.28. The lowest BCUT2D eigenvalue weighted by Crippen LogP contribution is -2.24. The van der Waals surface area contributed by atoms with Crippen molar-refractivity contribution in [2.75, 3.05) is 6.54 Å². The summed E-state index contributed by atoms with van der Waals surface area (Å²) in [6.07, 6.45) is 1.26. The van der Waals surface area contributed by atoms with Crippen molar-refractivity contribution < 1.29 is 27.8 Å². The third-order valence-electron chi connectivity index (χ3n) is 6.21. The second kappa shape index (κ2) is 11.0. The molecule has 1 aliphatic rings. The Morgan fingerprint density at radius 3 is 2.50 bits per heavy atom. The molecule has 1 aliphatic carbocycles. The van der Waals surface area contributed by atoms with E-state index in [1.54, 1.807) is 12.1 Å². The Morgan fingerprint density at radius 2 is 1.81 bits per heavy atom. The van der Waals surface area contributed by atoms with E-state index < -0.39 is 17.7 Å². The van der Waals surface area contributed by atoms with E-state index in [2.05, 4.69) is 12.2 Å². The van der Waals surface area contributed by atoms with Crippen LogP contribution < -0.4 is 10.1 Å². The summed E-state index contributed by atoms with van der Waals surface area (Å²) in [5, 5.41) is 12.7. The summed E-state index contributed by atoms with van der Waals surface area (Å²) in [4.78, 5) is 10.5. The van der Waals surface area contributed by atoms with Gasteiger partial charge in [0.15, 0.2) is 0 Å². The van der Waals surface area contributed by atoms with Crippen molar-refractivity contribution in [2.24, 2.45) is 5.92 Å². The predicted octanol–water partition coefficient (Wildman–Crippen LogP) is 6.55. The Bertz CT molecular complexity index is 905. The maximum atomic E-state index is 14.1. The van der Waals surface area contributed by atoms with Crippen molar-refractivity contribution in [3.63, 3.8) is 0 Å². The average Bonchev–Trinajstić information content (AvgIpc) is 2.73. The first-order chi connectivity index (χ1) is 15.3. The van der Waals surface area contributed by atoms with E-state index in [4.69, 9.17) is 9.84 Å². The molecule has 0 heterocycles. The molecule has 7 heteroatoms. The van der Waals surface area contributed by atoms with Gasteiger partial charge in [0.25, 0.3) is 0 Å². The summed E-state index contributed by atoms with van der Waals surface area (Å²) >= 11 is 0. The van der Waals surface area contributed by atoms with E-state index in [1.165, 1.54) is 12.1 Å². The molecule has 2 aromatic rings. The number of aliphatic carboxylic acids is 1. The van der Waals surface area contributed by atoms with E-state index in [0.717, 1.165) is 44.1 Å². The monoisotopic (exact) mass is 451 g/mol. The molecular formula is C25H32F3NO3. The fourth-order valence-corrected chi connectivity index (χ4v) is 4.40. The number of carboxylic acid groups (broad SMARTS) is 1. The zero-order valence-corrected chi connectivity index (χ0v) is 18.5.